The number of halogens is 2. The Bertz CT molecular complexity index is 1150. The SMILES string of the molecule is Cc1noc(CCCNC(=O)c2ccc(Cl)c(NS(=O)(=O)c3ccc(F)cc3)c2)n1. The molecule has 158 valence electrons. The number of anilines is 1. The molecule has 30 heavy (non-hydrogen) atoms. The minimum atomic E-state index is -4.00. The second kappa shape index (κ2) is 9.23. The highest BCUT2D eigenvalue weighted by Gasteiger charge is 2.17. The van der Waals surface area contributed by atoms with E-state index in [0.717, 1.165) is 24.3 Å². The van der Waals surface area contributed by atoms with Crippen LogP contribution in [0.1, 0.15) is 28.5 Å². The van der Waals surface area contributed by atoms with Crippen LogP contribution in [-0.4, -0.2) is 31.0 Å². The Morgan fingerprint density at radius 2 is 1.93 bits per heavy atom. The van der Waals surface area contributed by atoms with Crippen molar-refractivity contribution < 1.29 is 22.1 Å². The molecule has 0 unspecified atom stereocenters. The number of hydrogen-bond donors (Lipinski definition) is 2. The monoisotopic (exact) mass is 452 g/mol. The van der Waals surface area contributed by atoms with Gasteiger partial charge in [0.1, 0.15) is 5.82 Å². The van der Waals surface area contributed by atoms with Crippen molar-refractivity contribution in [2.75, 3.05) is 11.3 Å². The molecule has 1 aromatic heterocycles. The van der Waals surface area contributed by atoms with Gasteiger partial charge in [0.05, 0.1) is 15.6 Å². The first kappa shape index (κ1) is 21.7. The molecule has 2 aromatic carbocycles. The van der Waals surface area contributed by atoms with Crippen molar-refractivity contribution in [3.05, 3.63) is 70.6 Å². The van der Waals surface area contributed by atoms with Gasteiger partial charge >= 0.3 is 0 Å². The Balaban J connectivity index is 1.63. The number of aromatic nitrogens is 2. The fourth-order valence-corrected chi connectivity index (χ4v) is 3.84. The van der Waals surface area contributed by atoms with E-state index in [1.165, 1.54) is 18.2 Å². The second-order valence-corrected chi connectivity index (χ2v) is 8.44. The minimum Gasteiger partial charge on any atom is -0.352 e. The normalized spacial score (nSPS) is 11.3. The predicted octanol–water partition coefficient (Wildman–Crippen LogP) is 3.33. The van der Waals surface area contributed by atoms with E-state index in [4.69, 9.17) is 16.1 Å². The van der Waals surface area contributed by atoms with Gasteiger partial charge < -0.3 is 9.84 Å². The van der Waals surface area contributed by atoms with Gasteiger partial charge in [0.2, 0.25) is 5.89 Å². The number of sulfonamides is 1. The summed E-state index contributed by atoms with van der Waals surface area (Å²) in [5.41, 5.74) is 0.264. The van der Waals surface area contributed by atoms with Crippen molar-refractivity contribution in [1.82, 2.24) is 15.5 Å². The van der Waals surface area contributed by atoms with E-state index in [2.05, 4.69) is 20.2 Å². The predicted molar refractivity (Wildman–Crippen MR) is 108 cm³/mol. The van der Waals surface area contributed by atoms with Gasteiger partial charge in [-0.2, -0.15) is 4.98 Å². The molecule has 3 rings (SSSR count). The topological polar surface area (TPSA) is 114 Å². The summed E-state index contributed by atoms with van der Waals surface area (Å²) >= 11 is 6.07. The molecule has 8 nitrogen and oxygen atoms in total. The molecule has 1 heterocycles. The maximum absolute atomic E-state index is 13.0. The van der Waals surface area contributed by atoms with Crippen molar-refractivity contribution in [3.8, 4) is 0 Å². The third-order valence-electron chi connectivity index (χ3n) is 4.02. The highest BCUT2D eigenvalue weighted by Crippen LogP contribution is 2.26. The van der Waals surface area contributed by atoms with E-state index in [1.54, 1.807) is 6.92 Å². The summed E-state index contributed by atoms with van der Waals surface area (Å²) in [6.45, 7) is 2.08. The van der Waals surface area contributed by atoms with Crippen LogP contribution in [0.2, 0.25) is 5.02 Å². The van der Waals surface area contributed by atoms with Crippen LogP contribution in [0.15, 0.2) is 51.9 Å². The van der Waals surface area contributed by atoms with Crippen molar-refractivity contribution >= 4 is 33.2 Å². The fraction of sp³-hybridized carbons (Fsp3) is 0.211. The molecular formula is C19H18ClFN4O4S. The van der Waals surface area contributed by atoms with Gasteiger partial charge in [-0.25, -0.2) is 12.8 Å². The second-order valence-electron chi connectivity index (χ2n) is 6.35. The molecule has 0 aliphatic heterocycles. The summed E-state index contributed by atoms with van der Waals surface area (Å²) in [7, 11) is -4.00. The van der Waals surface area contributed by atoms with Gasteiger partial charge in [-0.05, 0) is 55.8 Å². The van der Waals surface area contributed by atoms with Gasteiger partial charge in [0, 0.05) is 18.5 Å². The average molecular weight is 453 g/mol. The number of hydrogen-bond acceptors (Lipinski definition) is 6. The number of carbonyl (C=O) groups excluding carboxylic acids is 1. The summed E-state index contributed by atoms with van der Waals surface area (Å²) in [4.78, 5) is 16.3. The van der Waals surface area contributed by atoms with Crippen LogP contribution in [0.4, 0.5) is 10.1 Å². The van der Waals surface area contributed by atoms with Crippen LogP contribution in [0.3, 0.4) is 0 Å². The maximum atomic E-state index is 13.0. The first-order valence-corrected chi connectivity index (χ1v) is 10.8. The van der Waals surface area contributed by atoms with Gasteiger partial charge in [-0.1, -0.05) is 16.8 Å². The lowest BCUT2D eigenvalue weighted by molar-refractivity contribution is 0.0953. The van der Waals surface area contributed by atoms with Crippen LogP contribution >= 0.6 is 11.6 Å². The smallest absolute Gasteiger partial charge is 0.261 e. The van der Waals surface area contributed by atoms with E-state index < -0.39 is 21.7 Å². The summed E-state index contributed by atoms with van der Waals surface area (Å²) in [5.74, 6) is 0.0898. The van der Waals surface area contributed by atoms with Crippen LogP contribution in [0, 0.1) is 12.7 Å². The Kier molecular flexibility index (Phi) is 6.68. The molecular weight excluding hydrogens is 435 g/mol. The van der Waals surface area contributed by atoms with Crippen molar-refractivity contribution in [2.24, 2.45) is 0 Å². The molecule has 1 amide bonds. The molecule has 2 N–H and O–H groups in total. The van der Waals surface area contributed by atoms with Crippen LogP contribution in [0.5, 0.6) is 0 Å². The first-order chi connectivity index (χ1) is 14.2. The Morgan fingerprint density at radius 3 is 2.60 bits per heavy atom. The summed E-state index contributed by atoms with van der Waals surface area (Å²) in [6, 6.07) is 8.57. The van der Waals surface area contributed by atoms with E-state index in [1.807, 2.05) is 0 Å². The Morgan fingerprint density at radius 1 is 1.20 bits per heavy atom. The molecule has 0 aliphatic carbocycles. The number of benzene rings is 2. The number of nitrogens with zero attached hydrogens (tertiary/aromatic N) is 2. The average Bonchev–Trinajstić information content (AvgIpc) is 3.12. The van der Waals surface area contributed by atoms with Crippen molar-refractivity contribution in [2.45, 2.75) is 24.7 Å². The quantitative estimate of drug-likeness (QED) is 0.507. The minimum absolute atomic E-state index is 0.0370. The summed E-state index contributed by atoms with van der Waals surface area (Å²) in [6.07, 6.45) is 1.11. The molecule has 11 heteroatoms. The fourth-order valence-electron chi connectivity index (χ4n) is 2.55. The van der Waals surface area contributed by atoms with Gasteiger partial charge in [-0.15, -0.1) is 0 Å². The highest BCUT2D eigenvalue weighted by molar-refractivity contribution is 7.92. The lowest BCUT2D eigenvalue weighted by Crippen LogP contribution is -2.25. The van der Waals surface area contributed by atoms with Gasteiger partial charge in [-0.3, -0.25) is 9.52 Å². The number of nitrogens with one attached hydrogen (secondary N) is 2. The number of rotatable bonds is 8. The van der Waals surface area contributed by atoms with E-state index in [9.17, 15) is 17.6 Å². The van der Waals surface area contributed by atoms with Gasteiger partial charge in [0.15, 0.2) is 5.82 Å². The third-order valence-corrected chi connectivity index (χ3v) is 5.73. The maximum Gasteiger partial charge on any atom is 0.261 e. The molecule has 0 fully saturated rings. The van der Waals surface area contributed by atoms with Crippen LogP contribution in [-0.2, 0) is 16.4 Å². The van der Waals surface area contributed by atoms with Crippen LogP contribution < -0.4 is 10.0 Å². The van der Waals surface area contributed by atoms with Crippen molar-refractivity contribution in [1.29, 1.82) is 0 Å². The molecule has 0 saturated heterocycles. The molecule has 0 spiro atoms. The Labute approximate surface area is 177 Å². The zero-order valence-corrected chi connectivity index (χ0v) is 17.4. The zero-order valence-electron chi connectivity index (χ0n) is 15.9. The van der Waals surface area contributed by atoms with Gasteiger partial charge in [0.25, 0.3) is 15.9 Å². The molecule has 0 bridgehead atoms. The largest absolute Gasteiger partial charge is 0.352 e. The lowest BCUT2D eigenvalue weighted by atomic mass is 10.2. The van der Waals surface area contributed by atoms with Crippen molar-refractivity contribution in [3.63, 3.8) is 0 Å². The molecule has 0 saturated carbocycles. The standard InChI is InChI=1S/C19H18ClFN4O4S/c1-12-23-18(29-24-12)3-2-10-22-19(26)13-4-9-16(20)17(11-13)25-30(27,28)15-7-5-14(21)6-8-15/h4-9,11,25H,2-3,10H2,1H3,(H,22,26). The Hall–Kier alpha value is -2.98. The summed E-state index contributed by atoms with van der Waals surface area (Å²) in [5, 5.41) is 6.54. The van der Waals surface area contributed by atoms with Crippen LogP contribution in [0.25, 0.3) is 0 Å². The highest BCUT2D eigenvalue weighted by atomic mass is 35.5. The number of amides is 1. The third kappa shape index (κ3) is 5.55. The lowest BCUT2D eigenvalue weighted by Gasteiger charge is -2.11. The van der Waals surface area contributed by atoms with E-state index >= 15 is 0 Å². The molecule has 3 aromatic rings. The zero-order chi connectivity index (χ0) is 21.7. The summed E-state index contributed by atoms with van der Waals surface area (Å²) < 4.78 is 45.3. The molecule has 0 atom stereocenters. The van der Waals surface area contributed by atoms with E-state index in [0.29, 0.717) is 31.1 Å². The number of aryl methyl sites for hydroxylation is 2. The molecule has 0 radical (unpaired) electrons. The van der Waals surface area contributed by atoms with E-state index in [-0.39, 0.29) is 21.2 Å². The first-order valence-electron chi connectivity index (χ1n) is 8.90. The molecule has 0 aliphatic rings. The number of carbonyl (C=O) groups is 1.